The summed E-state index contributed by atoms with van der Waals surface area (Å²) in [4.78, 5) is 39.5. The fourth-order valence-corrected chi connectivity index (χ4v) is 3.08. The van der Waals surface area contributed by atoms with E-state index in [1.54, 1.807) is 24.3 Å². The number of hydrogen-bond donors (Lipinski definition) is 1. The maximum Gasteiger partial charge on any atom is 0.335 e. The normalized spacial score (nSPS) is 16.9. The largest absolute Gasteiger partial charge is 0.335 e. The smallest absolute Gasteiger partial charge is 0.273 e. The molecule has 0 unspecified atom stereocenters. The molecular weight excluding hydrogens is 312 g/mol. The van der Waals surface area contributed by atoms with E-state index in [2.05, 4.69) is 5.32 Å². The first-order chi connectivity index (χ1) is 11.0. The van der Waals surface area contributed by atoms with Crippen LogP contribution in [-0.2, 0) is 9.59 Å². The van der Waals surface area contributed by atoms with Gasteiger partial charge in [-0.15, -0.1) is 11.3 Å². The van der Waals surface area contributed by atoms with Crippen molar-refractivity contribution in [3.05, 3.63) is 57.3 Å². The summed E-state index contributed by atoms with van der Waals surface area (Å²) >= 11 is 1.47. The van der Waals surface area contributed by atoms with E-state index in [0.717, 1.165) is 20.2 Å². The number of hydrogen-bond acceptors (Lipinski definition) is 4. The van der Waals surface area contributed by atoms with E-state index in [9.17, 15) is 14.4 Å². The van der Waals surface area contributed by atoms with Crippen LogP contribution in [0.1, 0.15) is 15.3 Å². The maximum atomic E-state index is 12.6. The van der Waals surface area contributed by atoms with Crippen molar-refractivity contribution in [2.24, 2.45) is 0 Å². The summed E-state index contributed by atoms with van der Waals surface area (Å²) in [6.45, 7) is 3.85. The zero-order valence-electron chi connectivity index (χ0n) is 12.6. The molecule has 0 atom stereocenters. The molecule has 0 spiro atoms. The van der Waals surface area contributed by atoms with Gasteiger partial charge in [-0.25, -0.2) is 9.69 Å². The van der Waals surface area contributed by atoms with Crippen molar-refractivity contribution in [2.75, 3.05) is 4.90 Å². The Hall–Kier alpha value is -2.73. The van der Waals surface area contributed by atoms with Gasteiger partial charge in [-0.3, -0.25) is 14.9 Å². The van der Waals surface area contributed by atoms with Crippen molar-refractivity contribution in [1.82, 2.24) is 5.32 Å². The molecule has 2 aromatic rings. The first kappa shape index (κ1) is 15.2. The summed E-state index contributed by atoms with van der Waals surface area (Å²) in [5.41, 5.74) is 1.39. The summed E-state index contributed by atoms with van der Waals surface area (Å²) in [7, 11) is 0. The number of carbonyl (C=O) groups excluding carboxylic acids is 3. The third kappa shape index (κ3) is 2.93. The predicted molar refractivity (Wildman–Crippen MR) is 89.2 cm³/mol. The molecule has 0 saturated carbocycles. The van der Waals surface area contributed by atoms with Crippen molar-refractivity contribution in [2.45, 2.75) is 13.8 Å². The molecule has 116 valence electrons. The number of benzene rings is 1. The molecule has 1 saturated heterocycles. The van der Waals surface area contributed by atoms with E-state index in [-0.39, 0.29) is 5.57 Å². The molecule has 5 nitrogen and oxygen atoms in total. The zero-order chi connectivity index (χ0) is 16.6. The second kappa shape index (κ2) is 5.81. The Morgan fingerprint density at radius 3 is 2.30 bits per heavy atom. The summed E-state index contributed by atoms with van der Waals surface area (Å²) in [5, 5.41) is 2.21. The van der Waals surface area contributed by atoms with Gasteiger partial charge in [0.2, 0.25) is 0 Å². The van der Waals surface area contributed by atoms with Gasteiger partial charge < -0.3 is 0 Å². The second-order valence-corrected chi connectivity index (χ2v) is 6.56. The van der Waals surface area contributed by atoms with Crippen molar-refractivity contribution < 1.29 is 14.4 Å². The molecule has 3 rings (SSSR count). The molecular formula is C17H14N2O3S. The SMILES string of the molecule is Cc1ccc(N2C(=O)NC(=O)C(=Cc3ccc(C)s3)C2=O)cc1. The van der Waals surface area contributed by atoms with Crippen molar-refractivity contribution >= 4 is 40.9 Å². The van der Waals surface area contributed by atoms with Crippen LogP contribution in [-0.4, -0.2) is 17.8 Å². The fourth-order valence-electron chi connectivity index (χ4n) is 2.26. The first-order valence-corrected chi connectivity index (χ1v) is 7.82. The maximum absolute atomic E-state index is 12.6. The van der Waals surface area contributed by atoms with Gasteiger partial charge in [0, 0.05) is 9.75 Å². The number of carbonyl (C=O) groups is 3. The lowest BCUT2D eigenvalue weighted by Gasteiger charge is -2.26. The number of barbiturate groups is 1. The molecule has 6 heteroatoms. The second-order valence-electron chi connectivity index (χ2n) is 5.24. The quantitative estimate of drug-likeness (QED) is 0.681. The number of urea groups is 1. The van der Waals surface area contributed by atoms with Crippen LogP contribution < -0.4 is 10.2 Å². The Labute approximate surface area is 137 Å². The highest BCUT2D eigenvalue weighted by atomic mass is 32.1. The number of nitrogens with zero attached hydrogens (tertiary/aromatic N) is 1. The molecule has 1 aliphatic rings. The third-order valence-electron chi connectivity index (χ3n) is 3.44. The molecule has 2 heterocycles. The summed E-state index contributed by atoms with van der Waals surface area (Å²) in [5.74, 6) is -1.29. The standard InChI is InChI=1S/C17H14N2O3S/c1-10-3-6-12(7-4-10)19-16(21)14(15(20)18-17(19)22)9-13-8-5-11(2)23-13/h3-9H,1-2H3,(H,18,20,22). The van der Waals surface area contributed by atoms with Gasteiger partial charge in [0.1, 0.15) is 5.57 Å². The molecule has 1 aliphatic heterocycles. The average molecular weight is 326 g/mol. The molecule has 0 aliphatic carbocycles. The van der Waals surface area contributed by atoms with Crippen LogP contribution in [0.15, 0.2) is 42.0 Å². The number of amides is 4. The molecule has 1 aromatic heterocycles. The van der Waals surface area contributed by atoms with Gasteiger partial charge in [-0.05, 0) is 44.2 Å². The summed E-state index contributed by atoms with van der Waals surface area (Å²) < 4.78 is 0. The first-order valence-electron chi connectivity index (χ1n) is 7.00. The van der Waals surface area contributed by atoms with E-state index in [1.165, 1.54) is 17.4 Å². The minimum atomic E-state index is -0.733. The highest BCUT2D eigenvalue weighted by molar-refractivity contribution is 7.12. The Balaban J connectivity index is 2.00. The third-order valence-corrected chi connectivity index (χ3v) is 4.39. The highest BCUT2D eigenvalue weighted by Gasteiger charge is 2.36. The van der Waals surface area contributed by atoms with Crippen LogP contribution in [0.4, 0.5) is 10.5 Å². The number of imide groups is 2. The molecule has 1 aromatic carbocycles. The number of thiophene rings is 1. The van der Waals surface area contributed by atoms with Gasteiger partial charge in [0.05, 0.1) is 5.69 Å². The van der Waals surface area contributed by atoms with Crippen molar-refractivity contribution in [1.29, 1.82) is 0 Å². The van der Waals surface area contributed by atoms with Crippen LogP contribution in [0.2, 0.25) is 0 Å². The van der Waals surface area contributed by atoms with Gasteiger partial charge in [0.25, 0.3) is 11.8 Å². The Kier molecular flexibility index (Phi) is 3.83. The molecule has 0 bridgehead atoms. The van der Waals surface area contributed by atoms with Crippen LogP contribution in [0, 0.1) is 13.8 Å². The van der Waals surface area contributed by atoms with Crippen molar-refractivity contribution in [3.8, 4) is 0 Å². The van der Waals surface area contributed by atoms with Gasteiger partial charge in [0.15, 0.2) is 0 Å². The van der Waals surface area contributed by atoms with E-state index in [1.807, 2.05) is 26.0 Å². The average Bonchev–Trinajstić information content (AvgIpc) is 2.91. The van der Waals surface area contributed by atoms with E-state index < -0.39 is 17.8 Å². The van der Waals surface area contributed by atoms with Gasteiger partial charge in [-0.1, -0.05) is 17.7 Å². The van der Waals surface area contributed by atoms with Gasteiger partial charge >= 0.3 is 6.03 Å². The van der Waals surface area contributed by atoms with Crippen LogP contribution in [0.25, 0.3) is 6.08 Å². The number of anilines is 1. The van der Waals surface area contributed by atoms with E-state index >= 15 is 0 Å². The minimum Gasteiger partial charge on any atom is -0.273 e. The Bertz CT molecular complexity index is 834. The summed E-state index contributed by atoms with van der Waals surface area (Å²) in [6.07, 6.45) is 1.52. The van der Waals surface area contributed by atoms with Crippen LogP contribution in [0.5, 0.6) is 0 Å². The van der Waals surface area contributed by atoms with Crippen molar-refractivity contribution in [3.63, 3.8) is 0 Å². The van der Waals surface area contributed by atoms with Crippen LogP contribution in [0.3, 0.4) is 0 Å². The number of aryl methyl sites for hydroxylation is 2. The predicted octanol–water partition coefficient (Wildman–Crippen LogP) is 3.03. The fraction of sp³-hybridized carbons (Fsp3) is 0.118. The highest BCUT2D eigenvalue weighted by Crippen LogP contribution is 2.24. The minimum absolute atomic E-state index is 0.0491. The number of rotatable bonds is 2. The summed E-state index contributed by atoms with van der Waals surface area (Å²) in [6, 6.07) is 9.97. The topological polar surface area (TPSA) is 66.5 Å². The molecule has 4 amide bonds. The van der Waals surface area contributed by atoms with E-state index in [4.69, 9.17) is 0 Å². The van der Waals surface area contributed by atoms with E-state index in [0.29, 0.717) is 5.69 Å². The molecule has 1 fully saturated rings. The Morgan fingerprint density at radius 1 is 1.00 bits per heavy atom. The molecule has 1 N–H and O–H groups in total. The lowest BCUT2D eigenvalue weighted by molar-refractivity contribution is -0.122. The lowest BCUT2D eigenvalue weighted by atomic mass is 10.1. The molecule has 23 heavy (non-hydrogen) atoms. The number of nitrogens with one attached hydrogen (secondary N) is 1. The monoisotopic (exact) mass is 326 g/mol. The molecule has 0 radical (unpaired) electrons. The van der Waals surface area contributed by atoms with Gasteiger partial charge in [-0.2, -0.15) is 0 Å². The van der Waals surface area contributed by atoms with Crippen LogP contribution >= 0.6 is 11.3 Å². The Morgan fingerprint density at radius 2 is 1.70 bits per heavy atom. The zero-order valence-corrected chi connectivity index (χ0v) is 13.4. The lowest BCUT2D eigenvalue weighted by Crippen LogP contribution is -2.54.